The zero-order valence-corrected chi connectivity index (χ0v) is 9.25. The van der Waals surface area contributed by atoms with Crippen LogP contribution in [0, 0.1) is 6.92 Å². The van der Waals surface area contributed by atoms with E-state index in [1.54, 1.807) is 0 Å². The summed E-state index contributed by atoms with van der Waals surface area (Å²) in [5.41, 5.74) is 2.35. The summed E-state index contributed by atoms with van der Waals surface area (Å²) in [7, 11) is 0. The van der Waals surface area contributed by atoms with E-state index in [0.29, 0.717) is 6.61 Å². The largest absolute Gasteiger partial charge is 0.466 e. The van der Waals surface area contributed by atoms with E-state index in [2.05, 4.69) is 24.4 Å². The van der Waals surface area contributed by atoms with Crippen LogP contribution in [0.25, 0.3) is 0 Å². The summed E-state index contributed by atoms with van der Waals surface area (Å²) in [6.45, 7) is 4.78. The highest BCUT2D eigenvalue weighted by Gasteiger charge is 1.93. The Balaban J connectivity index is 2.15. The minimum atomic E-state index is -0.217. The monoisotopic (exact) mass is 207 g/mol. The van der Waals surface area contributed by atoms with Crippen molar-refractivity contribution in [2.75, 3.05) is 18.5 Å². The number of nitrogens with one attached hydrogen (secondary N) is 1. The molecule has 0 amide bonds. The minimum Gasteiger partial charge on any atom is -0.466 e. The number of hydrogen-bond acceptors (Lipinski definition) is 3. The van der Waals surface area contributed by atoms with Crippen LogP contribution in [0.15, 0.2) is 24.3 Å². The molecule has 1 N–H and O–H groups in total. The molecule has 3 nitrogen and oxygen atoms in total. The van der Waals surface area contributed by atoms with Crippen LogP contribution in [0.5, 0.6) is 0 Å². The van der Waals surface area contributed by atoms with Gasteiger partial charge in [0.25, 0.3) is 0 Å². The van der Waals surface area contributed by atoms with Crippen LogP contribution >= 0.6 is 0 Å². The van der Waals surface area contributed by atoms with Gasteiger partial charge in [-0.15, -0.1) is 0 Å². The van der Waals surface area contributed by atoms with Gasteiger partial charge in [-0.3, -0.25) is 4.79 Å². The third-order valence-corrected chi connectivity index (χ3v) is 2.01. The molecule has 1 rings (SSSR count). The van der Waals surface area contributed by atoms with Crippen LogP contribution in [0.3, 0.4) is 0 Å². The first-order chi connectivity index (χ1) is 7.18. The van der Waals surface area contributed by atoms with Crippen molar-refractivity contribution in [3.8, 4) is 0 Å². The molecule has 0 atom stereocenters. The number of esters is 1. The fraction of sp³-hybridized carbons (Fsp3) is 0.417. The molecule has 1 aromatic carbocycles. The van der Waals surface area contributed by atoms with Gasteiger partial charge in [0.15, 0.2) is 0 Å². The number of carbonyl (C=O) groups is 1. The van der Waals surface area contributed by atoms with E-state index in [9.17, 15) is 4.79 Å². The van der Waals surface area contributed by atoms with E-state index in [1.807, 2.05) is 12.1 Å². The van der Waals surface area contributed by atoms with Crippen LogP contribution in [0.2, 0.25) is 0 Å². The Morgan fingerprint density at radius 1 is 1.33 bits per heavy atom. The second kappa shape index (κ2) is 6.06. The summed E-state index contributed by atoms with van der Waals surface area (Å²) in [5.74, 6) is -0.217. The molecule has 82 valence electrons. The van der Waals surface area contributed by atoms with E-state index in [4.69, 9.17) is 4.74 Å². The van der Waals surface area contributed by atoms with Gasteiger partial charge >= 0.3 is 5.97 Å². The Morgan fingerprint density at radius 3 is 2.60 bits per heavy atom. The van der Waals surface area contributed by atoms with E-state index >= 15 is 0 Å². The van der Waals surface area contributed by atoms with Gasteiger partial charge in [0, 0.05) is 19.2 Å². The molecule has 1 aromatic rings. The molecule has 0 spiro atoms. The molecule has 0 unspecified atom stereocenters. The topological polar surface area (TPSA) is 38.3 Å². The molecule has 0 saturated heterocycles. The fourth-order valence-electron chi connectivity index (χ4n) is 1.19. The quantitative estimate of drug-likeness (QED) is 0.595. The first-order valence-corrected chi connectivity index (χ1v) is 5.12. The van der Waals surface area contributed by atoms with Crippen LogP contribution < -0.4 is 5.32 Å². The summed E-state index contributed by atoms with van der Waals surface area (Å²) < 4.78 is 4.82. The molecule has 0 aliphatic carbocycles. The molecule has 0 aliphatic rings. The number of hydrogen-bond donors (Lipinski definition) is 1. The van der Waals surface area contributed by atoms with Crippen molar-refractivity contribution >= 4 is 11.7 Å². The highest BCUT2D eigenvalue weighted by atomic mass is 16.5. The van der Waals surface area contributed by atoms with E-state index < -0.39 is 0 Å². The molecule has 0 aromatic heterocycles. The van der Waals surface area contributed by atoms with Crippen LogP contribution in [-0.4, -0.2) is 19.1 Å². The van der Waals surface area contributed by atoms with Crippen molar-refractivity contribution in [3.63, 3.8) is 0 Å². The molecular formula is C12H17NO2. The smallest absolute Gasteiger partial charge is 0.302 e. The van der Waals surface area contributed by atoms with Crippen molar-refractivity contribution in [1.29, 1.82) is 0 Å². The molecule has 0 radical (unpaired) electrons. The summed E-state index contributed by atoms with van der Waals surface area (Å²) in [5, 5.41) is 3.25. The summed E-state index contributed by atoms with van der Waals surface area (Å²) in [6.07, 6.45) is 0.827. The number of ether oxygens (including phenoxy) is 1. The lowest BCUT2D eigenvalue weighted by molar-refractivity contribution is -0.140. The predicted octanol–water partition coefficient (Wildman–Crippen LogP) is 2.36. The maximum Gasteiger partial charge on any atom is 0.302 e. The van der Waals surface area contributed by atoms with Crippen molar-refractivity contribution < 1.29 is 9.53 Å². The lowest BCUT2D eigenvalue weighted by Crippen LogP contribution is -2.07. The van der Waals surface area contributed by atoms with Gasteiger partial charge in [0.05, 0.1) is 6.61 Å². The zero-order chi connectivity index (χ0) is 11.1. The maximum atomic E-state index is 10.5. The lowest BCUT2D eigenvalue weighted by atomic mass is 10.2. The average molecular weight is 207 g/mol. The highest BCUT2D eigenvalue weighted by molar-refractivity contribution is 5.65. The number of anilines is 1. The van der Waals surface area contributed by atoms with Crippen molar-refractivity contribution in [2.45, 2.75) is 20.3 Å². The molecule has 0 heterocycles. The Hall–Kier alpha value is -1.51. The summed E-state index contributed by atoms with van der Waals surface area (Å²) >= 11 is 0. The third kappa shape index (κ3) is 5.05. The normalized spacial score (nSPS) is 9.73. The second-order valence-electron chi connectivity index (χ2n) is 3.49. The van der Waals surface area contributed by atoms with E-state index in [1.165, 1.54) is 12.5 Å². The predicted molar refractivity (Wildman–Crippen MR) is 60.9 cm³/mol. The van der Waals surface area contributed by atoms with Gasteiger partial charge < -0.3 is 10.1 Å². The lowest BCUT2D eigenvalue weighted by Gasteiger charge is -2.06. The fourth-order valence-corrected chi connectivity index (χ4v) is 1.19. The molecule has 0 fully saturated rings. The molecule has 0 bridgehead atoms. The van der Waals surface area contributed by atoms with Gasteiger partial charge in [-0.1, -0.05) is 17.7 Å². The number of benzene rings is 1. The van der Waals surface area contributed by atoms with Crippen molar-refractivity contribution in [1.82, 2.24) is 0 Å². The number of aryl methyl sites for hydroxylation is 1. The van der Waals surface area contributed by atoms with Gasteiger partial charge in [-0.2, -0.15) is 0 Å². The Kier molecular flexibility index (Phi) is 4.68. The van der Waals surface area contributed by atoms with Gasteiger partial charge in [0.2, 0.25) is 0 Å². The SMILES string of the molecule is CC(=O)OCCCNc1ccc(C)cc1. The standard InChI is InChI=1S/C12H17NO2/c1-10-4-6-12(7-5-10)13-8-3-9-15-11(2)14/h4-7,13H,3,8-9H2,1-2H3. The Morgan fingerprint density at radius 2 is 2.00 bits per heavy atom. The van der Waals surface area contributed by atoms with Crippen molar-refractivity contribution in [2.24, 2.45) is 0 Å². The Bertz CT molecular complexity index is 306. The van der Waals surface area contributed by atoms with E-state index in [0.717, 1.165) is 18.7 Å². The minimum absolute atomic E-state index is 0.217. The molecule has 0 saturated carbocycles. The first kappa shape index (κ1) is 11.6. The van der Waals surface area contributed by atoms with Crippen molar-refractivity contribution in [3.05, 3.63) is 29.8 Å². The highest BCUT2D eigenvalue weighted by Crippen LogP contribution is 2.08. The summed E-state index contributed by atoms with van der Waals surface area (Å²) in [4.78, 5) is 10.5. The average Bonchev–Trinajstić information content (AvgIpc) is 2.20. The van der Waals surface area contributed by atoms with E-state index in [-0.39, 0.29) is 5.97 Å². The molecule has 15 heavy (non-hydrogen) atoms. The third-order valence-electron chi connectivity index (χ3n) is 2.01. The molecule has 0 aliphatic heterocycles. The first-order valence-electron chi connectivity index (χ1n) is 5.12. The molecular weight excluding hydrogens is 190 g/mol. The van der Waals surface area contributed by atoms with Gasteiger partial charge in [-0.05, 0) is 25.5 Å². The zero-order valence-electron chi connectivity index (χ0n) is 9.25. The Labute approximate surface area is 90.4 Å². The number of rotatable bonds is 5. The molecule has 3 heteroatoms. The van der Waals surface area contributed by atoms with Gasteiger partial charge in [0.1, 0.15) is 0 Å². The van der Waals surface area contributed by atoms with Crippen LogP contribution in [0.1, 0.15) is 18.9 Å². The van der Waals surface area contributed by atoms with Crippen LogP contribution in [0.4, 0.5) is 5.69 Å². The second-order valence-corrected chi connectivity index (χ2v) is 3.49. The van der Waals surface area contributed by atoms with Gasteiger partial charge in [-0.25, -0.2) is 0 Å². The summed E-state index contributed by atoms with van der Waals surface area (Å²) in [6, 6.07) is 8.21. The number of carbonyl (C=O) groups excluding carboxylic acids is 1. The van der Waals surface area contributed by atoms with Crippen LogP contribution in [-0.2, 0) is 9.53 Å². The maximum absolute atomic E-state index is 10.5.